The van der Waals surface area contributed by atoms with Gasteiger partial charge >= 0.3 is 0 Å². The molecule has 4 heteroatoms. The van der Waals surface area contributed by atoms with Crippen LogP contribution in [-0.4, -0.2) is 4.57 Å². The molecule has 3 aromatic heterocycles. The first-order valence-electron chi connectivity index (χ1n) is 21.7. The van der Waals surface area contributed by atoms with Gasteiger partial charge in [-0.25, -0.2) is 0 Å². The molecule has 300 valence electrons. The van der Waals surface area contributed by atoms with Crippen LogP contribution in [0.1, 0.15) is 0 Å². The molecule has 0 aliphatic heterocycles. The summed E-state index contributed by atoms with van der Waals surface area (Å²) < 4.78 is 15.5. The van der Waals surface area contributed by atoms with Crippen molar-refractivity contribution in [3.05, 3.63) is 231 Å². The number of benzene rings is 10. The molecule has 0 N–H and O–H groups in total. The Morgan fingerprint density at radius 3 is 1.59 bits per heavy atom. The fourth-order valence-corrected chi connectivity index (χ4v) is 9.77. The van der Waals surface area contributed by atoms with E-state index in [4.69, 9.17) is 8.83 Å². The average Bonchev–Trinajstić information content (AvgIpc) is 4.05. The molecule has 0 radical (unpaired) electrons. The maximum absolute atomic E-state index is 6.66. The number of hydrogen-bond donors (Lipinski definition) is 0. The summed E-state index contributed by atoms with van der Waals surface area (Å²) in [6.07, 6.45) is 0. The van der Waals surface area contributed by atoms with E-state index in [-0.39, 0.29) is 0 Å². The lowest BCUT2D eigenvalue weighted by Gasteiger charge is -2.26. The van der Waals surface area contributed by atoms with Crippen LogP contribution in [0.5, 0.6) is 0 Å². The number of anilines is 3. The maximum atomic E-state index is 6.66. The highest BCUT2D eigenvalue weighted by Gasteiger charge is 2.21. The molecular weight excluding hydrogens is 781 g/mol. The lowest BCUT2D eigenvalue weighted by Crippen LogP contribution is -2.10. The molecule has 10 aromatic carbocycles. The van der Waals surface area contributed by atoms with Gasteiger partial charge in [0.15, 0.2) is 5.58 Å². The second kappa shape index (κ2) is 14.5. The molecule has 0 amide bonds. The van der Waals surface area contributed by atoms with Gasteiger partial charge < -0.3 is 18.3 Å². The summed E-state index contributed by atoms with van der Waals surface area (Å²) in [5, 5.41) is 6.88. The van der Waals surface area contributed by atoms with Crippen molar-refractivity contribution < 1.29 is 8.83 Å². The molecule has 0 unspecified atom stereocenters. The third-order valence-electron chi connectivity index (χ3n) is 12.8. The van der Waals surface area contributed by atoms with Gasteiger partial charge in [0.2, 0.25) is 0 Å². The molecule has 13 aromatic rings. The Hall–Kier alpha value is -8.60. The van der Waals surface area contributed by atoms with E-state index in [0.29, 0.717) is 0 Å². The minimum Gasteiger partial charge on any atom is -0.455 e. The zero-order valence-electron chi connectivity index (χ0n) is 34.7. The molecule has 13 rings (SSSR count). The van der Waals surface area contributed by atoms with Gasteiger partial charge in [0.1, 0.15) is 16.7 Å². The second-order valence-corrected chi connectivity index (χ2v) is 16.5. The van der Waals surface area contributed by atoms with E-state index in [9.17, 15) is 0 Å². The van der Waals surface area contributed by atoms with Gasteiger partial charge in [-0.05, 0) is 107 Å². The topological polar surface area (TPSA) is 34.5 Å². The molecule has 0 saturated heterocycles. The van der Waals surface area contributed by atoms with Crippen molar-refractivity contribution in [3.63, 3.8) is 0 Å². The zero-order valence-corrected chi connectivity index (χ0v) is 34.7. The summed E-state index contributed by atoms with van der Waals surface area (Å²) in [5.41, 5.74) is 16.9. The largest absolute Gasteiger partial charge is 0.455 e. The highest BCUT2D eigenvalue weighted by Crippen LogP contribution is 2.44. The fourth-order valence-electron chi connectivity index (χ4n) is 9.77. The van der Waals surface area contributed by atoms with Crippen molar-refractivity contribution in [2.75, 3.05) is 4.90 Å². The van der Waals surface area contributed by atoms with Gasteiger partial charge in [-0.2, -0.15) is 0 Å². The van der Waals surface area contributed by atoms with Crippen LogP contribution in [0.4, 0.5) is 17.1 Å². The van der Waals surface area contributed by atoms with Crippen LogP contribution in [0.2, 0.25) is 0 Å². The van der Waals surface area contributed by atoms with Gasteiger partial charge in [-0.1, -0.05) is 152 Å². The number of para-hydroxylation sites is 5. The van der Waals surface area contributed by atoms with Crippen LogP contribution in [0.15, 0.2) is 239 Å². The second-order valence-electron chi connectivity index (χ2n) is 16.5. The molecule has 3 heterocycles. The minimum absolute atomic E-state index is 0.851. The Kier molecular flexibility index (Phi) is 8.18. The van der Waals surface area contributed by atoms with Crippen molar-refractivity contribution in [1.29, 1.82) is 0 Å². The van der Waals surface area contributed by atoms with E-state index in [1.807, 2.05) is 18.2 Å². The molecule has 0 aliphatic carbocycles. The standard InChI is InChI=1S/C60H38N2O2/c1-3-13-41(14-4-1)47-19-11-20-51-53-38-43(30-36-58(53)63-59(47)51)40-27-33-46(34-28-40)61(56-23-12-21-50-49-18-8-10-24-57(49)64-60(50)56)45-31-25-39(26-32-45)42-29-35-55-52(37-42)48-17-7-9-22-54(48)62(55)44-15-5-2-6-16-44/h1-38H. The van der Waals surface area contributed by atoms with Gasteiger partial charge in [0, 0.05) is 54.9 Å². The first-order chi connectivity index (χ1) is 31.7. The van der Waals surface area contributed by atoms with E-state index < -0.39 is 0 Å². The number of rotatable bonds is 7. The zero-order chi connectivity index (χ0) is 42.1. The minimum atomic E-state index is 0.851. The molecule has 0 spiro atoms. The van der Waals surface area contributed by atoms with E-state index in [0.717, 1.165) is 94.4 Å². The van der Waals surface area contributed by atoms with Crippen LogP contribution in [-0.2, 0) is 0 Å². The third kappa shape index (κ3) is 5.77. The molecule has 64 heavy (non-hydrogen) atoms. The summed E-state index contributed by atoms with van der Waals surface area (Å²) in [7, 11) is 0. The van der Waals surface area contributed by atoms with Gasteiger partial charge in [0.25, 0.3) is 0 Å². The predicted octanol–water partition coefficient (Wildman–Crippen LogP) is 17.1. The summed E-state index contributed by atoms with van der Waals surface area (Å²) in [6, 6.07) is 82.0. The van der Waals surface area contributed by atoms with Crippen molar-refractivity contribution >= 4 is 82.7 Å². The first kappa shape index (κ1) is 36.1. The summed E-state index contributed by atoms with van der Waals surface area (Å²) >= 11 is 0. The van der Waals surface area contributed by atoms with E-state index in [1.54, 1.807) is 0 Å². The molecular formula is C60H38N2O2. The summed E-state index contributed by atoms with van der Waals surface area (Å²) in [6.45, 7) is 0. The van der Waals surface area contributed by atoms with Crippen LogP contribution < -0.4 is 4.90 Å². The summed E-state index contributed by atoms with van der Waals surface area (Å²) in [5.74, 6) is 0. The van der Waals surface area contributed by atoms with E-state index >= 15 is 0 Å². The highest BCUT2D eigenvalue weighted by molar-refractivity contribution is 6.13. The Morgan fingerprint density at radius 2 is 0.844 bits per heavy atom. The van der Waals surface area contributed by atoms with Crippen LogP contribution >= 0.6 is 0 Å². The fraction of sp³-hybridized carbons (Fsp3) is 0. The average molecular weight is 819 g/mol. The Bertz CT molecular complexity index is 3880. The van der Waals surface area contributed by atoms with Gasteiger partial charge in [-0.15, -0.1) is 0 Å². The Balaban J connectivity index is 0.903. The lowest BCUT2D eigenvalue weighted by atomic mass is 10.00. The van der Waals surface area contributed by atoms with Crippen LogP contribution in [0.3, 0.4) is 0 Å². The molecule has 0 atom stereocenters. The third-order valence-corrected chi connectivity index (χ3v) is 12.8. The number of fused-ring (bicyclic) bond motifs is 9. The molecule has 0 fully saturated rings. The van der Waals surface area contributed by atoms with E-state index in [2.05, 4.69) is 222 Å². The van der Waals surface area contributed by atoms with E-state index in [1.165, 1.54) is 27.4 Å². The Morgan fingerprint density at radius 1 is 0.312 bits per heavy atom. The molecule has 4 nitrogen and oxygen atoms in total. The number of aromatic nitrogens is 1. The van der Waals surface area contributed by atoms with Crippen molar-refractivity contribution in [2.45, 2.75) is 0 Å². The monoisotopic (exact) mass is 818 g/mol. The van der Waals surface area contributed by atoms with Crippen molar-refractivity contribution in [3.8, 4) is 39.1 Å². The normalized spacial score (nSPS) is 11.8. The first-order valence-corrected chi connectivity index (χ1v) is 21.7. The van der Waals surface area contributed by atoms with Crippen molar-refractivity contribution in [2.24, 2.45) is 0 Å². The van der Waals surface area contributed by atoms with Gasteiger partial charge in [0.05, 0.1) is 16.7 Å². The molecule has 0 aliphatic rings. The number of hydrogen-bond acceptors (Lipinski definition) is 3. The Labute approximate surface area is 369 Å². The van der Waals surface area contributed by atoms with Crippen LogP contribution in [0.25, 0.3) is 105 Å². The van der Waals surface area contributed by atoms with Gasteiger partial charge in [-0.3, -0.25) is 0 Å². The smallest absolute Gasteiger partial charge is 0.159 e. The molecule has 0 bridgehead atoms. The highest BCUT2D eigenvalue weighted by atomic mass is 16.3. The number of furan rings is 2. The number of nitrogens with zero attached hydrogens (tertiary/aromatic N) is 2. The van der Waals surface area contributed by atoms with Crippen molar-refractivity contribution in [1.82, 2.24) is 4.57 Å². The maximum Gasteiger partial charge on any atom is 0.159 e. The predicted molar refractivity (Wildman–Crippen MR) is 266 cm³/mol. The lowest BCUT2D eigenvalue weighted by molar-refractivity contribution is 0.669. The summed E-state index contributed by atoms with van der Waals surface area (Å²) in [4.78, 5) is 2.31. The SMILES string of the molecule is c1ccc(-c2cccc3c2oc2ccc(-c4ccc(N(c5ccc(-c6ccc7c(c6)c6ccccc6n7-c6ccccc6)cc5)c5cccc6c5oc5ccccc56)cc4)cc23)cc1. The quantitative estimate of drug-likeness (QED) is 0.161. The van der Waals surface area contributed by atoms with Crippen LogP contribution in [0, 0.1) is 0 Å². The molecule has 0 saturated carbocycles.